The van der Waals surface area contributed by atoms with Crippen LogP contribution in [-0.2, 0) is 54.4 Å². The molecule has 9 unspecified atom stereocenters. The van der Waals surface area contributed by atoms with E-state index in [0.717, 1.165) is 6.92 Å². The lowest BCUT2D eigenvalue weighted by Gasteiger charge is -2.28. The molecular weight excluding hydrogens is 782 g/mol. The van der Waals surface area contributed by atoms with Crippen LogP contribution < -0.4 is 49.1 Å². The SMILES string of the molecule is CCC(C)C(NC(=O)C(NC(=O)C(Cc1ccccc1)NC(=O)C(CO)NC(=O)C(CC(N)=O)NC(=O)C(CCC(=O)O)NC(=O)C(N)CCC(N)=O)C(C)O)C(=O)O. The molecule has 0 saturated carbocycles. The molecular formula is C36H55N9O14. The Kier molecular flexibility index (Phi) is 21.7. The molecule has 328 valence electrons. The molecule has 0 aliphatic carbocycles. The van der Waals surface area contributed by atoms with Crippen LogP contribution in [0.15, 0.2) is 30.3 Å². The van der Waals surface area contributed by atoms with Crippen molar-refractivity contribution < 1.29 is 68.4 Å². The monoisotopic (exact) mass is 837 g/mol. The highest BCUT2D eigenvalue weighted by Gasteiger charge is 2.36. The Morgan fingerprint density at radius 3 is 1.64 bits per heavy atom. The van der Waals surface area contributed by atoms with E-state index in [2.05, 4.69) is 31.9 Å². The number of amides is 8. The van der Waals surface area contributed by atoms with Crippen LogP contribution in [0.5, 0.6) is 0 Å². The van der Waals surface area contributed by atoms with E-state index in [-0.39, 0.29) is 19.3 Å². The van der Waals surface area contributed by atoms with E-state index in [4.69, 9.17) is 22.3 Å². The molecule has 59 heavy (non-hydrogen) atoms. The molecule has 8 amide bonds. The Hall–Kier alpha value is -6.20. The number of nitrogens with one attached hydrogen (secondary N) is 6. The fourth-order valence-corrected chi connectivity index (χ4v) is 5.31. The zero-order valence-electron chi connectivity index (χ0n) is 32.8. The van der Waals surface area contributed by atoms with Gasteiger partial charge in [-0.15, -0.1) is 0 Å². The Labute approximate surface area is 338 Å². The molecule has 1 aromatic carbocycles. The highest BCUT2D eigenvalue weighted by molar-refractivity contribution is 5.98. The first-order valence-corrected chi connectivity index (χ1v) is 18.5. The van der Waals surface area contributed by atoms with E-state index in [1.165, 1.54) is 0 Å². The fraction of sp³-hybridized carbons (Fsp3) is 0.556. The molecule has 9 atom stereocenters. The Morgan fingerprint density at radius 1 is 0.627 bits per heavy atom. The molecule has 0 radical (unpaired) electrons. The average Bonchev–Trinajstić information content (AvgIpc) is 3.16. The summed E-state index contributed by atoms with van der Waals surface area (Å²) in [5, 5.41) is 52.8. The largest absolute Gasteiger partial charge is 0.481 e. The van der Waals surface area contributed by atoms with Crippen molar-refractivity contribution in [1.29, 1.82) is 0 Å². The van der Waals surface area contributed by atoms with Gasteiger partial charge >= 0.3 is 11.9 Å². The molecule has 1 aromatic rings. The van der Waals surface area contributed by atoms with Gasteiger partial charge in [0.1, 0.15) is 36.3 Å². The van der Waals surface area contributed by atoms with E-state index in [0.29, 0.717) is 12.0 Å². The van der Waals surface area contributed by atoms with Crippen LogP contribution in [0.4, 0.5) is 0 Å². The van der Waals surface area contributed by atoms with Gasteiger partial charge in [0.25, 0.3) is 0 Å². The lowest BCUT2D eigenvalue weighted by molar-refractivity contribution is -0.144. The summed E-state index contributed by atoms with van der Waals surface area (Å²) in [4.78, 5) is 126. The molecule has 0 aliphatic rings. The van der Waals surface area contributed by atoms with Crippen LogP contribution in [0.1, 0.15) is 64.9 Å². The highest BCUT2D eigenvalue weighted by atomic mass is 16.4. The van der Waals surface area contributed by atoms with Crippen LogP contribution in [0.25, 0.3) is 0 Å². The first-order chi connectivity index (χ1) is 27.6. The molecule has 0 bridgehead atoms. The van der Waals surface area contributed by atoms with Crippen LogP contribution in [0, 0.1) is 5.92 Å². The lowest BCUT2D eigenvalue weighted by atomic mass is 9.98. The van der Waals surface area contributed by atoms with Crippen molar-refractivity contribution in [2.45, 2.75) is 114 Å². The molecule has 1 rings (SSSR count). The summed E-state index contributed by atoms with van der Waals surface area (Å²) in [6, 6.07) is -3.24. The molecule has 0 saturated heterocycles. The van der Waals surface area contributed by atoms with Crippen molar-refractivity contribution in [3.05, 3.63) is 35.9 Å². The van der Waals surface area contributed by atoms with Gasteiger partial charge in [0.05, 0.1) is 25.2 Å². The number of carbonyl (C=O) groups is 10. The summed E-state index contributed by atoms with van der Waals surface area (Å²) in [6.45, 7) is 3.33. The maximum atomic E-state index is 13.7. The minimum atomic E-state index is -1.87. The van der Waals surface area contributed by atoms with Crippen molar-refractivity contribution >= 4 is 59.2 Å². The molecule has 0 aromatic heterocycles. The third-order valence-electron chi connectivity index (χ3n) is 8.93. The van der Waals surface area contributed by atoms with Gasteiger partial charge in [-0.25, -0.2) is 4.79 Å². The van der Waals surface area contributed by atoms with Crippen molar-refractivity contribution in [1.82, 2.24) is 31.9 Å². The quantitative estimate of drug-likeness (QED) is 0.0395. The predicted molar refractivity (Wildman–Crippen MR) is 205 cm³/mol. The van der Waals surface area contributed by atoms with Gasteiger partial charge in [-0.1, -0.05) is 50.6 Å². The molecule has 23 heteroatoms. The number of carboxylic acid groups (broad SMARTS) is 2. The molecule has 0 fully saturated rings. The molecule has 23 nitrogen and oxygen atoms in total. The average molecular weight is 838 g/mol. The third-order valence-corrected chi connectivity index (χ3v) is 8.93. The van der Waals surface area contributed by atoms with Crippen molar-refractivity contribution in [2.75, 3.05) is 6.61 Å². The summed E-state index contributed by atoms with van der Waals surface area (Å²) < 4.78 is 0. The number of nitrogens with two attached hydrogens (primary N) is 3. The number of carboxylic acids is 2. The number of rotatable bonds is 27. The number of hydrogen-bond donors (Lipinski definition) is 13. The second-order valence-electron chi connectivity index (χ2n) is 13.8. The number of aliphatic hydroxyl groups is 2. The number of aliphatic hydroxyl groups excluding tert-OH is 2. The minimum absolute atomic E-state index is 0.221. The number of primary amides is 2. The summed E-state index contributed by atoms with van der Waals surface area (Å²) in [6.07, 6.45) is -4.01. The van der Waals surface area contributed by atoms with E-state index in [1.807, 2.05) is 0 Å². The zero-order valence-corrected chi connectivity index (χ0v) is 32.8. The number of aliphatic carboxylic acids is 2. The standard InChI is InChI=1S/C36H55N9O14/c1-4-17(2)28(36(58)59)44-35(57)29(18(3)47)45-33(55)22(14-19-8-6-5-7-9-19)41-34(56)24(16-46)43-32(54)23(15-26(39)49)42-31(53)21(11-13-27(50)51)40-30(52)20(37)10-12-25(38)48/h5-9,17-18,20-24,28-29,46-47H,4,10-16,37H2,1-3H3,(H2,38,48)(H2,39,49)(H,40,52)(H,41,56)(H,42,53)(H,43,54)(H,44,57)(H,45,55)(H,50,51)(H,58,59). The molecule has 0 aliphatic heterocycles. The maximum Gasteiger partial charge on any atom is 0.326 e. The Bertz CT molecular complexity index is 1660. The second-order valence-corrected chi connectivity index (χ2v) is 13.8. The number of hydrogen-bond acceptors (Lipinski definition) is 13. The van der Waals surface area contributed by atoms with Gasteiger partial charge in [0.2, 0.25) is 47.3 Å². The van der Waals surface area contributed by atoms with Crippen molar-refractivity contribution in [3.8, 4) is 0 Å². The Balaban J connectivity index is 3.32. The van der Waals surface area contributed by atoms with Gasteiger partial charge < -0.3 is 69.5 Å². The van der Waals surface area contributed by atoms with Crippen molar-refractivity contribution in [3.63, 3.8) is 0 Å². The first-order valence-electron chi connectivity index (χ1n) is 18.5. The van der Waals surface area contributed by atoms with Gasteiger partial charge in [-0.2, -0.15) is 0 Å². The zero-order chi connectivity index (χ0) is 45.0. The first kappa shape index (κ1) is 50.8. The third kappa shape index (κ3) is 18.3. The van der Waals surface area contributed by atoms with Crippen LogP contribution >= 0.6 is 0 Å². The van der Waals surface area contributed by atoms with Crippen molar-refractivity contribution in [2.24, 2.45) is 23.1 Å². The highest BCUT2D eigenvalue weighted by Crippen LogP contribution is 2.10. The maximum absolute atomic E-state index is 13.7. The van der Waals surface area contributed by atoms with E-state index >= 15 is 0 Å². The second kappa shape index (κ2) is 25.2. The molecule has 0 heterocycles. The van der Waals surface area contributed by atoms with E-state index < -0.39 is 139 Å². The fourth-order valence-electron chi connectivity index (χ4n) is 5.31. The number of carbonyl (C=O) groups excluding carboxylic acids is 8. The lowest BCUT2D eigenvalue weighted by Crippen LogP contribution is -2.62. The summed E-state index contributed by atoms with van der Waals surface area (Å²) in [5.74, 6) is -11.8. The van der Waals surface area contributed by atoms with Gasteiger partial charge in [0.15, 0.2) is 0 Å². The van der Waals surface area contributed by atoms with Gasteiger partial charge in [-0.3, -0.25) is 43.2 Å². The van der Waals surface area contributed by atoms with Gasteiger partial charge in [0, 0.05) is 19.3 Å². The van der Waals surface area contributed by atoms with Gasteiger partial charge in [-0.05, 0) is 31.2 Å². The van der Waals surface area contributed by atoms with E-state index in [1.54, 1.807) is 44.2 Å². The van der Waals surface area contributed by atoms with Crippen LogP contribution in [0.2, 0.25) is 0 Å². The normalized spacial score (nSPS) is 15.5. The molecule has 0 spiro atoms. The smallest absolute Gasteiger partial charge is 0.326 e. The predicted octanol–water partition coefficient (Wildman–Crippen LogP) is -5.03. The summed E-state index contributed by atoms with van der Waals surface area (Å²) >= 11 is 0. The molecule has 16 N–H and O–H groups in total. The Morgan fingerprint density at radius 2 is 1.14 bits per heavy atom. The summed E-state index contributed by atoms with van der Waals surface area (Å²) in [5.41, 5.74) is 16.6. The number of benzene rings is 1. The van der Waals surface area contributed by atoms with Crippen LogP contribution in [-0.4, -0.2) is 135 Å². The van der Waals surface area contributed by atoms with Crippen LogP contribution in [0.3, 0.4) is 0 Å². The topological polar surface area (TPSA) is 402 Å². The minimum Gasteiger partial charge on any atom is -0.481 e. The van der Waals surface area contributed by atoms with E-state index in [9.17, 15) is 63.3 Å². The summed E-state index contributed by atoms with van der Waals surface area (Å²) in [7, 11) is 0.